The summed E-state index contributed by atoms with van der Waals surface area (Å²) >= 11 is 0. The average Bonchev–Trinajstić information content (AvgIpc) is 2.62. The monoisotopic (exact) mass is 318 g/mol. The summed E-state index contributed by atoms with van der Waals surface area (Å²) in [6, 6.07) is 1.90. The normalized spacial score (nSPS) is 18.9. The van der Waals surface area contributed by atoms with Crippen LogP contribution in [0.2, 0.25) is 0 Å². The fourth-order valence-electron chi connectivity index (χ4n) is 2.95. The van der Waals surface area contributed by atoms with E-state index in [0.717, 1.165) is 18.8 Å². The van der Waals surface area contributed by atoms with Crippen molar-refractivity contribution in [2.24, 2.45) is 0 Å². The van der Waals surface area contributed by atoms with Crippen molar-refractivity contribution in [2.45, 2.75) is 6.92 Å². The van der Waals surface area contributed by atoms with Crippen molar-refractivity contribution in [3.63, 3.8) is 0 Å². The second kappa shape index (κ2) is 6.95. The minimum atomic E-state index is 0.00465. The first-order valence-corrected chi connectivity index (χ1v) is 7.97. The smallest absolute Gasteiger partial charge is 0.255 e. The number of hydrogen-bond acceptors (Lipinski definition) is 5. The predicted octanol–water partition coefficient (Wildman–Crippen LogP) is 0.223. The third kappa shape index (κ3) is 3.61. The third-order valence-corrected chi connectivity index (χ3v) is 4.36. The molecule has 2 aliphatic rings. The summed E-state index contributed by atoms with van der Waals surface area (Å²) in [4.78, 5) is 34.0. The van der Waals surface area contributed by atoms with Crippen LogP contribution in [0.25, 0.3) is 0 Å². The van der Waals surface area contributed by atoms with Gasteiger partial charge in [0.2, 0.25) is 5.91 Å². The van der Waals surface area contributed by atoms with Gasteiger partial charge in [0.05, 0.1) is 30.7 Å². The zero-order valence-electron chi connectivity index (χ0n) is 13.4. The van der Waals surface area contributed by atoms with E-state index >= 15 is 0 Å². The van der Waals surface area contributed by atoms with E-state index in [1.54, 1.807) is 24.2 Å². The number of carbonyl (C=O) groups excluding carboxylic acids is 2. The molecule has 1 aromatic rings. The van der Waals surface area contributed by atoms with Crippen LogP contribution in [-0.2, 0) is 9.53 Å². The molecule has 0 bridgehead atoms. The molecule has 0 saturated carbocycles. The van der Waals surface area contributed by atoms with E-state index in [0.29, 0.717) is 45.0 Å². The molecule has 0 unspecified atom stereocenters. The van der Waals surface area contributed by atoms with Crippen LogP contribution < -0.4 is 4.90 Å². The fraction of sp³-hybridized carbons (Fsp3) is 0.562. The molecule has 3 heterocycles. The van der Waals surface area contributed by atoms with Crippen molar-refractivity contribution in [1.82, 2.24) is 14.8 Å². The van der Waals surface area contributed by atoms with E-state index in [4.69, 9.17) is 4.74 Å². The maximum atomic E-state index is 12.5. The maximum Gasteiger partial charge on any atom is 0.255 e. The molecule has 2 fully saturated rings. The van der Waals surface area contributed by atoms with E-state index in [9.17, 15) is 9.59 Å². The summed E-state index contributed by atoms with van der Waals surface area (Å²) in [5.74, 6) is 0.115. The molecule has 7 nitrogen and oxygen atoms in total. The average molecular weight is 318 g/mol. The second-order valence-corrected chi connectivity index (χ2v) is 5.83. The Bertz CT molecular complexity index is 578. The molecule has 7 heteroatoms. The van der Waals surface area contributed by atoms with Crippen LogP contribution in [0.4, 0.5) is 5.69 Å². The summed E-state index contributed by atoms with van der Waals surface area (Å²) in [5, 5.41) is 0. The molecule has 0 atom stereocenters. The molecule has 23 heavy (non-hydrogen) atoms. The molecule has 2 amide bonds. The van der Waals surface area contributed by atoms with Crippen LogP contribution in [0.15, 0.2) is 18.5 Å². The van der Waals surface area contributed by atoms with Crippen LogP contribution in [0.3, 0.4) is 0 Å². The van der Waals surface area contributed by atoms with Crippen LogP contribution in [0.1, 0.15) is 17.3 Å². The lowest BCUT2D eigenvalue weighted by Gasteiger charge is -2.35. The van der Waals surface area contributed by atoms with Gasteiger partial charge < -0.3 is 19.4 Å². The van der Waals surface area contributed by atoms with Crippen LogP contribution in [0.5, 0.6) is 0 Å². The highest BCUT2D eigenvalue weighted by atomic mass is 16.5. The summed E-state index contributed by atoms with van der Waals surface area (Å²) in [6.07, 6.45) is 3.40. The van der Waals surface area contributed by atoms with Gasteiger partial charge in [-0.25, -0.2) is 0 Å². The van der Waals surface area contributed by atoms with Gasteiger partial charge in [0.15, 0.2) is 0 Å². The standard InChI is InChI=1S/C16H22N4O3/c1-13(21)18-2-4-19(5-3-18)15-10-14(11-17-12-15)16(22)20-6-8-23-9-7-20/h10-12H,2-9H2,1H3. The number of aromatic nitrogens is 1. The first kappa shape index (κ1) is 15.7. The molecular formula is C16H22N4O3. The summed E-state index contributed by atoms with van der Waals surface area (Å²) in [7, 11) is 0. The largest absolute Gasteiger partial charge is 0.378 e. The quantitative estimate of drug-likeness (QED) is 0.780. The number of carbonyl (C=O) groups is 2. The van der Waals surface area contributed by atoms with Gasteiger partial charge in [0.1, 0.15) is 0 Å². The molecule has 0 N–H and O–H groups in total. The molecule has 124 valence electrons. The molecule has 0 aliphatic carbocycles. The van der Waals surface area contributed by atoms with Crippen molar-refractivity contribution in [3.8, 4) is 0 Å². The van der Waals surface area contributed by atoms with Crippen molar-refractivity contribution in [2.75, 3.05) is 57.4 Å². The van der Waals surface area contributed by atoms with Gasteiger partial charge >= 0.3 is 0 Å². The number of amides is 2. The van der Waals surface area contributed by atoms with Gasteiger partial charge in [-0.1, -0.05) is 0 Å². The van der Waals surface area contributed by atoms with Crippen LogP contribution in [0, 0.1) is 0 Å². The number of hydrogen-bond donors (Lipinski definition) is 0. The van der Waals surface area contributed by atoms with E-state index in [1.807, 2.05) is 11.0 Å². The Kier molecular flexibility index (Phi) is 4.76. The topological polar surface area (TPSA) is 66.0 Å². The Hall–Kier alpha value is -2.15. The highest BCUT2D eigenvalue weighted by molar-refractivity contribution is 5.94. The van der Waals surface area contributed by atoms with E-state index < -0.39 is 0 Å². The molecule has 2 aliphatic heterocycles. The van der Waals surface area contributed by atoms with Gasteiger partial charge in [-0.05, 0) is 6.07 Å². The van der Waals surface area contributed by atoms with Crippen molar-refractivity contribution >= 4 is 17.5 Å². The minimum absolute atomic E-state index is 0.00465. The van der Waals surface area contributed by atoms with Gasteiger partial charge in [-0.2, -0.15) is 0 Å². The van der Waals surface area contributed by atoms with Gasteiger partial charge in [-0.3, -0.25) is 14.6 Å². The third-order valence-electron chi connectivity index (χ3n) is 4.36. The first-order chi connectivity index (χ1) is 11.1. The lowest BCUT2D eigenvalue weighted by molar-refractivity contribution is -0.129. The highest BCUT2D eigenvalue weighted by Crippen LogP contribution is 2.18. The number of nitrogens with zero attached hydrogens (tertiary/aromatic N) is 4. The van der Waals surface area contributed by atoms with Crippen molar-refractivity contribution in [3.05, 3.63) is 24.0 Å². The van der Waals surface area contributed by atoms with Gasteiger partial charge in [0.25, 0.3) is 5.91 Å². The number of anilines is 1. The number of ether oxygens (including phenoxy) is 1. The zero-order valence-corrected chi connectivity index (χ0v) is 13.4. The highest BCUT2D eigenvalue weighted by Gasteiger charge is 2.22. The lowest BCUT2D eigenvalue weighted by atomic mass is 10.2. The lowest BCUT2D eigenvalue weighted by Crippen LogP contribution is -2.48. The van der Waals surface area contributed by atoms with Crippen molar-refractivity contribution in [1.29, 1.82) is 0 Å². The SMILES string of the molecule is CC(=O)N1CCN(c2cncc(C(=O)N3CCOCC3)c2)CC1. The number of pyridine rings is 1. The van der Waals surface area contributed by atoms with E-state index in [2.05, 4.69) is 9.88 Å². The Labute approximate surface area is 135 Å². The van der Waals surface area contributed by atoms with Crippen LogP contribution >= 0.6 is 0 Å². The molecule has 3 rings (SSSR count). The first-order valence-electron chi connectivity index (χ1n) is 7.97. The Balaban J connectivity index is 1.68. The molecule has 2 saturated heterocycles. The van der Waals surface area contributed by atoms with Crippen molar-refractivity contribution < 1.29 is 14.3 Å². The molecule has 0 aromatic carbocycles. The Morgan fingerprint density at radius 3 is 2.35 bits per heavy atom. The van der Waals surface area contributed by atoms with Crippen LogP contribution in [-0.4, -0.2) is 79.1 Å². The minimum Gasteiger partial charge on any atom is -0.378 e. The summed E-state index contributed by atoms with van der Waals surface area (Å²) < 4.78 is 5.28. The van der Waals surface area contributed by atoms with Gasteiger partial charge in [0, 0.05) is 52.4 Å². The second-order valence-electron chi connectivity index (χ2n) is 5.83. The molecule has 0 radical (unpaired) electrons. The maximum absolute atomic E-state index is 12.5. The zero-order chi connectivity index (χ0) is 16.2. The molecule has 0 spiro atoms. The van der Waals surface area contributed by atoms with E-state index in [-0.39, 0.29) is 11.8 Å². The summed E-state index contributed by atoms with van der Waals surface area (Å²) in [5.41, 5.74) is 1.55. The number of morpholine rings is 1. The summed E-state index contributed by atoms with van der Waals surface area (Å²) in [6.45, 7) is 6.96. The Morgan fingerprint density at radius 2 is 1.70 bits per heavy atom. The molecular weight excluding hydrogens is 296 g/mol. The number of piperazine rings is 1. The molecule has 1 aromatic heterocycles. The van der Waals surface area contributed by atoms with Gasteiger partial charge in [-0.15, -0.1) is 0 Å². The van der Waals surface area contributed by atoms with E-state index in [1.165, 1.54) is 0 Å². The fourth-order valence-corrected chi connectivity index (χ4v) is 2.95. The number of rotatable bonds is 2. The Morgan fingerprint density at radius 1 is 1.00 bits per heavy atom. The predicted molar refractivity (Wildman–Crippen MR) is 85.4 cm³/mol.